The van der Waals surface area contributed by atoms with Crippen LogP contribution in [0, 0.1) is 6.92 Å². The van der Waals surface area contributed by atoms with E-state index in [2.05, 4.69) is 18.3 Å². The van der Waals surface area contributed by atoms with Crippen LogP contribution in [0.15, 0.2) is 18.2 Å². The number of nitrogens with one attached hydrogen (secondary N) is 1. The van der Waals surface area contributed by atoms with Gasteiger partial charge in [-0.3, -0.25) is 4.79 Å². The Morgan fingerprint density at radius 2 is 2.13 bits per heavy atom. The monoisotopic (exact) mass is 201 g/mol. The van der Waals surface area contributed by atoms with Crippen molar-refractivity contribution in [2.45, 2.75) is 25.2 Å². The summed E-state index contributed by atoms with van der Waals surface area (Å²) in [5.74, 6) is 0.244. The summed E-state index contributed by atoms with van der Waals surface area (Å²) in [6.07, 6.45) is 2.45. The zero-order valence-corrected chi connectivity index (χ0v) is 8.97. The highest BCUT2D eigenvalue weighted by Crippen LogP contribution is 2.49. The summed E-state index contributed by atoms with van der Waals surface area (Å²) in [6, 6.07) is 6.24. The lowest BCUT2D eigenvalue weighted by molar-refractivity contribution is 0.0994. The number of carbonyl (C=O) groups is 1. The Hall–Kier alpha value is -1.15. The zero-order chi connectivity index (χ0) is 10.5. The number of fused-ring (bicyclic) bond motifs is 2. The molecule has 78 valence electrons. The number of Topliss-reactive ketones (excluding diaryl/α,β-unsaturated/α-hetero) is 1. The zero-order valence-electron chi connectivity index (χ0n) is 8.97. The first-order valence-corrected chi connectivity index (χ1v) is 5.56. The number of carbonyl (C=O) groups excluding carboxylic acids is 1. The molecule has 3 rings (SSSR count). The van der Waals surface area contributed by atoms with E-state index in [1.165, 1.54) is 24.0 Å². The summed E-state index contributed by atoms with van der Waals surface area (Å²) in [5.41, 5.74) is 3.78. The molecule has 0 atom stereocenters. The van der Waals surface area contributed by atoms with Crippen molar-refractivity contribution in [3.8, 4) is 0 Å². The highest BCUT2D eigenvalue weighted by molar-refractivity contribution is 6.00. The molecule has 1 fully saturated rings. The molecule has 15 heavy (non-hydrogen) atoms. The number of benzene rings is 1. The lowest BCUT2D eigenvalue weighted by Crippen LogP contribution is -2.26. The summed E-state index contributed by atoms with van der Waals surface area (Å²) >= 11 is 0. The molecule has 2 aliphatic rings. The van der Waals surface area contributed by atoms with Crippen LogP contribution in [0.3, 0.4) is 0 Å². The average molecular weight is 201 g/mol. The third kappa shape index (κ3) is 1.32. The van der Waals surface area contributed by atoms with Crippen LogP contribution < -0.4 is 5.32 Å². The van der Waals surface area contributed by atoms with E-state index >= 15 is 0 Å². The highest BCUT2D eigenvalue weighted by atomic mass is 16.1. The van der Waals surface area contributed by atoms with Crippen LogP contribution in [-0.4, -0.2) is 18.9 Å². The van der Waals surface area contributed by atoms with Crippen LogP contribution in [0.2, 0.25) is 0 Å². The second-order valence-electron chi connectivity index (χ2n) is 4.86. The molecule has 1 N–H and O–H groups in total. The molecular weight excluding hydrogens is 186 g/mol. The van der Waals surface area contributed by atoms with Gasteiger partial charge in [-0.25, -0.2) is 0 Å². The fourth-order valence-electron chi connectivity index (χ4n) is 2.54. The van der Waals surface area contributed by atoms with Crippen LogP contribution in [0.5, 0.6) is 0 Å². The predicted molar refractivity (Wildman–Crippen MR) is 59.3 cm³/mol. The number of aryl methyl sites for hydroxylation is 1. The Balaban J connectivity index is 2.20. The van der Waals surface area contributed by atoms with Gasteiger partial charge in [0.1, 0.15) is 0 Å². The molecule has 0 amide bonds. The molecule has 0 aromatic heterocycles. The molecule has 1 aliphatic carbocycles. The van der Waals surface area contributed by atoms with Crippen LogP contribution in [0.4, 0.5) is 0 Å². The van der Waals surface area contributed by atoms with Crippen molar-refractivity contribution in [2.75, 3.05) is 13.1 Å². The van der Waals surface area contributed by atoms with Crippen molar-refractivity contribution in [2.24, 2.45) is 0 Å². The molecule has 0 unspecified atom stereocenters. The van der Waals surface area contributed by atoms with Gasteiger partial charge in [-0.15, -0.1) is 0 Å². The standard InChI is InChI=1S/C13H15NO/c1-9-2-3-10-11(6-9)13(4-5-13)8-14-7-12(10)15/h2-3,6,14H,4-5,7-8H2,1H3. The van der Waals surface area contributed by atoms with E-state index in [1.54, 1.807) is 0 Å². The number of rotatable bonds is 0. The minimum atomic E-state index is 0.244. The first kappa shape index (κ1) is 9.10. The van der Waals surface area contributed by atoms with Crippen molar-refractivity contribution >= 4 is 5.78 Å². The van der Waals surface area contributed by atoms with Crippen molar-refractivity contribution in [1.82, 2.24) is 5.32 Å². The quantitative estimate of drug-likeness (QED) is 0.693. The molecule has 1 spiro atoms. The molecule has 2 nitrogen and oxygen atoms in total. The third-order valence-corrected chi connectivity index (χ3v) is 3.65. The lowest BCUT2D eigenvalue weighted by Gasteiger charge is -2.15. The molecule has 2 heteroatoms. The fraction of sp³-hybridized carbons (Fsp3) is 0.462. The third-order valence-electron chi connectivity index (χ3n) is 3.65. The average Bonchev–Trinajstić information content (AvgIpc) is 2.99. The Morgan fingerprint density at radius 1 is 1.33 bits per heavy atom. The highest BCUT2D eigenvalue weighted by Gasteiger charge is 2.47. The molecule has 0 bridgehead atoms. The van der Waals surface area contributed by atoms with E-state index in [-0.39, 0.29) is 11.2 Å². The van der Waals surface area contributed by atoms with Crippen molar-refractivity contribution in [3.05, 3.63) is 34.9 Å². The van der Waals surface area contributed by atoms with Gasteiger partial charge < -0.3 is 5.32 Å². The van der Waals surface area contributed by atoms with E-state index < -0.39 is 0 Å². The SMILES string of the molecule is Cc1ccc2c(c1)C1(CC1)CNCC2=O. The van der Waals surface area contributed by atoms with E-state index in [0.29, 0.717) is 6.54 Å². The van der Waals surface area contributed by atoms with Crippen LogP contribution >= 0.6 is 0 Å². The van der Waals surface area contributed by atoms with Crippen molar-refractivity contribution < 1.29 is 4.79 Å². The molecule has 0 radical (unpaired) electrons. The van der Waals surface area contributed by atoms with Gasteiger partial charge in [-0.2, -0.15) is 0 Å². The molecule has 1 aliphatic heterocycles. The summed E-state index contributed by atoms with van der Waals surface area (Å²) in [6.45, 7) is 3.56. The van der Waals surface area contributed by atoms with Crippen LogP contribution in [-0.2, 0) is 5.41 Å². The fourth-order valence-corrected chi connectivity index (χ4v) is 2.54. The molecule has 1 heterocycles. The topological polar surface area (TPSA) is 29.1 Å². The Bertz CT molecular complexity index is 432. The minimum Gasteiger partial charge on any atom is -0.309 e. The molecule has 1 saturated carbocycles. The van der Waals surface area contributed by atoms with E-state index in [4.69, 9.17) is 0 Å². The van der Waals surface area contributed by atoms with E-state index in [0.717, 1.165) is 12.1 Å². The molecule has 1 aromatic rings. The maximum Gasteiger partial charge on any atom is 0.176 e. The van der Waals surface area contributed by atoms with Gasteiger partial charge in [0, 0.05) is 17.5 Å². The van der Waals surface area contributed by atoms with Gasteiger partial charge >= 0.3 is 0 Å². The number of hydrogen-bond acceptors (Lipinski definition) is 2. The van der Waals surface area contributed by atoms with Gasteiger partial charge in [-0.1, -0.05) is 23.8 Å². The first-order chi connectivity index (χ1) is 7.21. The summed E-state index contributed by atoms with van der Waals surface area (Å²) in [4.78, 5) is 11.9. The van der Waals surface area contributed by atoms with E-state index in [1.807, 2.05) is 12.1 Å². The second kappa shape index (κ2) is 2.92. The molecular formula is C13H15NO. The van der Waals surface area contributed by atoms with Crippen molar-refractivity contribution in [3.63, 3.8) is 0 Å². The van der Waals surface area contributed by atoms with Gasteiger partial charge in [0.15, 0.2) is 5.78 Å². The maximum absolute atomic E-state index is 11.9. The number of hydrogen-bond donors (Lipinski definition) is 1. The Kier molecular flexibility index (Phi) is 1.77. The predicted octanol–water partition coefficient (Wildman–Crippen LogP) is 1.81. The van der Waals surface area contributed by atoms with Gasteiger partial charge in [-0.05, 0) is 25.3 Å². The smallest absolute Gasteiger partial charge is 0.176 e. The first-order valence-electron chi connectivity index (χ1n) is 5.56. The van der Waals surface area contributed by atoms with Crippen molar-refractivity contribution in [1.29, 1.82) is 0 Å². The van der Waals surface area contributed by atoms with Crippen LogP contribution in [0.1, 0.15) is 34.3 Å². The second-order valence-corrected chi connectivity index (χ2v) is 4.86. The minimum absolute atomic E-state index is 0.244. The van der Waals surface area contributed by atoms with Gasteiger partial charge in [0.2, 0.25) is 0 Å². The summed E-state index contributed by atoms with van der Waals surface area (Å²) in [7, 11) is 0. The summed E-state index contributed by atoms with van der Waals surface area (Å²) < 4.78 is 0. The summed E-state index contributed by atoms with van der Waals surface area (Å²) in [5, 5.41) is 3.27. The Morgan fingerprint density at radius 3 is 2.87 bits per heavy atom. The van der Waals surface area contributed by atoms with Gasteiger partial charge in [0.25, 0.3) is 0 Å². The Labute approximate surface area is 89.7 Å². The largest absolute Gasteiger partial charge is 0.309 e. The lowest BCUT2D eigenvalue weighted by atomic mass is 9.89. The molecule has 0 saturated heterocycles. The molecule has 1 aromatic carbocycles. The maximum atomic E-state index is 11.9. The van der Waals surface area contributed by atoms with Gasteiger partial charge in [0.05, 0.1) is 6.54 Å². The van der Waals surface area contributed by atoms with Crippen LogP contribution in [0.25, 0.3) is 0 Å². The normalized spacial score (nSPS) is 22.3. The van der Waals surface area contributed by atoms with E-state index in [9.17, 15) is 4.79 Å². The number of ketones is 1.